The number of carboxylic acids is 2. The van der Waals surface area contributed by atoms with Crippen LogP contribution in [0.5, 0.6) is 0 Å². The Morgan fingerprint density at radius 1 is 1.41 bits per heavy atom. The third kappa shape index (κ3) is 7.88. The summed E-state index contributed by atoms with van der Waals surface area (Å²) in [5.74, 6) is -2.33. The molecule has 2 unspecified atom stereocenters. The Morgan fingerprint density at radius 2 is 1.82 bits per heavy atom. The highest BCUT2D eigenvalue weighted by molar-refractivity contribution is 6.14. The third-order valence-electron chi connectivity index (χ3n) is 1.85. The van der Waals surface area contributed by atoms with E-state index >= 15 is 0 Å². The Morgan fingerprint density at radius 3 is 1.82 bits per heavy atom. The molecule has 0 saturated carbocycles. The van der Waals surface area contributed by atoms with Gasteiger partial charge < -0.3 is 26.8 Å². The first kappa shape index (κ1) is 18.4. The highest BCUT2D eigenvalue weighted by Crippen LogP contribution is 1.94. The van der Waals surface area contributed by atoms with E-state index in [1.165, 1.54) is 6.92 Å². The van der Waals surface area contributed by atoms with E-state index in [9.17, 15) is 9.59 Å². The molecular formula is C8H18ClN3O5. The summed E-state index contributed by atoms with van der Waals surface area (Å²) in [6.07, 6.45) is -0.748. The van der Waals surface area contributed by atoms with Gasteiger partial charge in [0.2, 0.25) is 0 Å². The molecule has 0 aromatic rings. The molecule has 2 atom stereocenters. The maximum absolute atomic E-state index is 10.1. The Balaban J connectivity index is 0. The van der Waals surface area contributed by atoms with E-state index in [4.69, 9.17) is 38.6 Å². The molecule has 0 spiro atoms. The minimum atomic E-state index is -1.54. The topological polar surface area (TPSA) is 159 Å². The molecule has 0 fully saturated rings. The number of aliphatic hydroxyl groups is 1. The van der Waals surface area contributed by atoms with Crippen molar-refractivity contribution in [1.82, 2.24) is 4.84 Å². The van der Waals surface area contributed by atoms with E-state index in [0.717, 1.165) is 0 Å². The molecule has 8 nitrogen and oxygen atoms in total. The maximum atomic E-state index is 10.1. The van der Waals surface area contributed by atoms with Gasteiger partial charge in [0, 0.05) is 0 Å². The van der Waals surface area contributed by atoms with Gasteiger partial charge in [-0.15, -0.1) is 0 Å². The van der Waals surface area contributed by atoms with Crippen molar-refractivity contribution in [1.29, 1.82) is 0 Å². The summed E-state index contributed by atoms with van der Waals surface area (Å²) < 4.78 is 0. The fourth-order valence-corrected chi connectivity index (χ4v) is 0.771. The Bertz CT molecular complexity index is 260. The number of hydrogen-bond donors (Lipinski definition) is 6. The van der Waals surface area contributed by atoms with Crippen molar-refractivity contribution >= 4 is 23.7 Å². The van der Waals surface area contributed by atoms with Gasteiger partial charge in [0.1, 0.15) is 6.04 Å². The second-order valence-electron chi connectivity index (χ2n) is 3.36. The van der Waals surface area contributed by atoms with E-state index in [1.54, 1.807) is 6.92 Å². The number of rotatable bonds is 5. The second kappa shape index (κ2) is 8.20. The number of halogens is 1. The van der Waals surface area contributed by atoms with Crippen molar-refractivity contribution in [2.24, 2.45) is 11.5 Å². The lowest BCUT2D eigenvalue weighted by Crippen LogP contribution is -2.55. The molecular weight excluding hydrogens is 254 g/mol. The number of nitrogens with one attached hydrogen (secondary N) is 1. The van der Waals surface area contributed by atoms with Crippen LogP contribution in [0.15, 0.2) is 0 Å². The highest BCUT2D eigenvalue weighted by atomic mass is 35.5. The summed E-state index contributed by atoms with van der Waals surface area (Å²) in [7, 11) is 0. The predicted molar refractivity (Wildman–Crippen MR) is 61.1 cm³/mol. The van der Waals surface area contributed by atoms with Crippen LogP contribution in [0.4, 0.5) is 0 Å². The van der Waals surface area contributed by atoms with Gasteiger partial charge in [-0.2, -0.15) is 0 Å². The normalized spacial score (nSPS) is 14.2. The lowest BCUT2D eigenvalue weighted by atomic mass is 10.1. The summed E-state index contributed by atoms with van der Waals surface area (Å²) in [4.78, 5) is 22.0. The molecule has 0 amide bonds. The summed E-state index contributed by atoms with van der Waals surface area (Å²) in [5, 5.41) is 25.1. The van der Waals surface area contributed by atoms with Crippen LogP contribution < -0.4 is 16.3 Å². The minimum Gasteiger partial charge on any atom is -0.480 e. The van der Waals surface area contributed by atoms with Gasteiger partial charge in [-0.1, -0.05) is 6.92 Å². The molecule has 0 aliphatic rings. The zero-order valence-electron chi connectivity index (χ0n) is 9.55. The van der Waals surface area contributed by atoms with Crippen molar-refractivity contribution in [3.05, 3.63) is 0 Å². The van der Waals surface area contributed by atoms with E-state index < -0.39 is 29.7 Å². The number of aliphatic hydroxyl groups excluding tert-OH is 1. The first-order chi connectivity index (χ1) is 7.60. The van der Waals surface area contributed by atoms with Crippen molar-refractivity contribution in [2.75, 3.05) is 0 Å². The molecule has 0 bridgehead atoms. The van der Waals surface area contributed by atoms with Crippen molar-refractivity contribution in [3.63, 3.8) is 0 Å². The number of nitrogens with two attached hydrogens (primary N) is 2. The average molecular weight is 272 g/mol. The predicted octanol–water partition coefficient (Wildman–Crippen LogP) is -1.34. The Labute approximate surface area is 104 Å². The largest absolute Gasteiger partial charge is 0.480 e. The summed E-state index contributed by atoms with van der Waals surface area (Å²) in [5.41, 5.74) is 8.53. The molecule has 0 radical (unpaired) electrons. The SMILES string of the molecule is CC(O)C(NCl)C(=O)O.CCC(N)(N)C(=O)O. The van der Waals surface area contributed by atoms with Gasteiger partial charge in [-0.3, -0.25) is 4.79 Å². The van der Waals surface area contributed by atoms with Crippen molar-refractivity contribution in [2.45, 2.75) is 38.1 Å². The molecule has 0 aliphatic carbocycles. The quantitative estimate of drug-likeness (QED) is 0.265. The standard InChI is InChI=1S/C4H8ClNO3.C4H10N2O2/c1-2(7)3(6-5)4(8)9;1-2-4(5,6)3(7)8/h2-3,6-7H,1H3,(H,8,9);2,5-6H2,1H3,(H,7,8). The third-order valence-corrected chi connectivity index (χ3v) is 2.08. The van der Waals surface area contributed by atoms with Crippen LogP contribution in [0, 0.1) is 0 Å². The number of hydrogen-bond acceptors (Lipinski definition) is 6. The number of carbonyl (C=O) groups is 2. The van der Waals surface area contributed by atoms with Gasteiger partial charge in [-0.25, -0.2) is 9.63 Å². The Kier molecular flexibility index (Phi) is 8.90. The fraction of sp³-hybridized carbons (Fsp3) is 0.750. The lowest BCUT2D eigenvalue weighted by Gasteiger charge is -2.14. The summed E-state index contributed by atoms with van der Waals surface area (Å²) in [6, 6.07) is -1.09. The highest BCUT2D eigenvalue weighted by Gasteiger charge is 2.25. The Hall–Kier alpha value is -0.930. The average Bonchev–Trinajstić information content (AvgIpc) is 2.18. The number of aliphatic carboxylic acids is 2. The molecule has 0 aromatic heterocycles. The van der Waals surface area contributed by atoms with E-state index in [-0.39, 0.29) is 6.42 Å². The van der Waals surface area contributed by atoms with Crippen LogP contribution in [0.1, 0.15) is 20.3 Å². The monoisotopic (exact) mass is 271 g/mol. The van der Waals surface area contributed by atoms with Gasteiger partial charge in [0.05, 0.1) is 6.10 Å². The lowest BCUT2D eigenvalue weighted by molar-refractivity contribution is -0.143. The van der Waals surface area contributed by atoms with Crippen molar-refractivity contribution in [3.8, 4) is 0 Å². The zero-order valence-corrected chi connectivity index (χ0v) is 10.3. The molecule has 0 aromatic carbocycles. The first-order valence-corrected chi connectivity index (χ1v) is 5.06. The molecule has 8 N–H and O–H groups in total. The molecule has 0 rings (SSSR count). The summed E-state index contributed by atoms with van der Waals surface area (Å²) in [6.45, 7) is 2.96. The minimum absolute atomic E-state index is 0.238. The molecule has 0 saturated heterocycles. The van der Waals surface area contributed by atoms with Crippen LogP contribution >= 0.6 is 11.8 Å². The molecule has 0 aliphatic heterocycles. The first-order valence-electron chi connectivity index (χ1n) is 4.68. The van der Waals surface area contributed by atoms with E-state index in [2.05, 4.69) is 0 Å². The zero-order chi connectivity index (χ0) is 14.2. The maximum Gasteiger partial charge on any atom is 0.338 e. The molecule has 17 heavy (non-hydrogen) atoms. The van der Waals surface area contributed by atoms with Crippen LogP contribution in [-0.4, -0.2) is 45.1 Å². The van der Waals surface area contributed by atoms with Crippen molar-refractivity contribution < 1.29 is 24.9 Å². The van der Waals surface area contributed by atoms with Gasteiger partial charge >= 0.3 is 11.9 Å². The summed E-state index contributed by atoms with van der Waals surface area (Å²) >= 11 is 4.97. The van der Waals surface area contributed by atoms with Crippen LogP contribution in [0.3, 0.4) is 0 Å². The van der Waals surface area contributed by atoms with E-state index in [0.29, 0.717) is 0 Å². The van der Waals surface area contributed by atoms with E-state index in [1.807, 2.05) is 4.84 Å². The molecule has 9 heteroatoms. The van der Waals surface area contributed by atoms with Gasteiger partial charge in [0.15, 0.2) is 5.66 Å². The molecule has 102 valence electrons. The smallest absolute Gasteiger partial charge is 0.338 e. The second-order valence-corrected chi connectivity index (χ2v) is 3.58. The molecule has 0 heterocycles. The van der Waals surface area contributed by atoms with Crippen LogP contribution in [0.25, 0.3) is 0 Å². The van der Waals surface area contributed by atoms with Crippen LogP contribution in [-0.2, 0) is 9.59 Å². The van der Waals surface area contributed by atoms with Crippen LogP contribution in [0.2, 0.25) is 0 Å². The van der Waals surface area contributed by atoms with Gasteiger partial charge in [-0.05, 0) is 25.1 Å². The fourth-order valence-electron chi connectivity index (χ4n) is 0.495. The number of carboxylic acid groups (broad SMARTS) is 2. The van der Waals surface area contributed by atoms with Gasteiger partial charge in [0.25, 0.3) is 0 Å².